The smallest absolute Gasteiger partial charge is 0.139 e. The van der Waals surface area contributed by atoms with Crippen LogP contribution in [0.5, 0.6) is 5.75 Å². The van der Waals surface area contributed by atoms with Crippen LogP contribution in [-0.4, -0.2) is 12.8 Å². The van der Waals surface area contributed by atoms with Crippen molar-refractivity contribution in [2.45, 2.75) is 53.5 Å². The van der Waals surface area contributed by atoms with E-state index in [9.17, 15) is 0 Å². The fourth-order valence-electron chi connectivity index (χ4n) is 1.60. The summed E-state index contributed by atoms with van der Waals surface area (Å²) in [6.45, 7) is 11.6. The minimum absolute atomic E-state index is 0.385. The van der Waals surface area contributed by atoms with Crippen LogP contribution in [-0.2, 0) is 6.42 Å². The van der Waals surface area contributed by atoms with Gasteiger partial charge in [0.25, 0.3) is 0 Å². The predicted molar refractivity (Wildman–Crippen MR) is 78.0 cm³/mol. The van der Waals surface area contributed by atoms with E-state index in [-0.39, 0.29) is 0 Å². The molecule has 0 fully saturated rings. The van der Waals surface area contributed by atoms with Crippen LogP contribution in [0.4, 0.5) is 0 Å². The Kier molecular flexibility index (Phi) is 5.67. The van der Waals surface area contributed by atoms with Gasteiger partial charge in [-0.2, -0.15) is 0 Å². The topological polar surface area (TPSA) is 21.3 Å². The molecule has 0 atom stereocenters. The van der Waals surface area contributed by atoms with Gasteiger partial charge in [0.15, 0.2) is 0 Å². The zero-order chi connectivity index (χ0) is 13.6. The largest absolute Gasteiger partial charge is 0.478 e. The molecule has 18 heavy (non-hydrogen) atoms. The first-order valence-corrected chi connectivity index (χ1v) is 6.82. The van der Waals surface area contributed by atoms with Crippen molar-refractivity contribution in [2.75, 3.05) is 6.73 Å². The number of aryl methyl sites for hydroxylation is 1. The number of ether oxygens (including phenoxy) is 1. The molecule has 0 aliphatic heterocycles. The molecule has 1 N–H and O–H groups in total. The van der Waals surface area contributed by atoms with Gasteiger partial charge in [0, 0.05) is 6.04 Å². The Balaban J connectivity index is 2.46. The predicted octanol–water partition coefficient (Wildman–Crippen LogP) is 4.00. The van der Waals surface area contributed by atoms with Crippen LogP contribution in [0, 0.1) is 5.41 Å². The average molecular weight is 249 g/mol. The van der Waals surface area contributed by atoms with E-state index in [1.807, 2.05) is 6.07 Å². The minimum atomic E-state index is 0.385. The minimum Gasteiger partial charge on any atom is -0.478 e. The van der Waals surface area contributed by atoms with E-state index in [1.54, 1.807) is 0 Å². The maximum absolute atomic E-state index is 5.68. The van der Waals surface area contributed by atoms with Crippen molar-refractivity contribution in [3.63, 3.8) is 0 Å². The summed E-state index contributed by atoms with van der Waals surface area (Å²) in [5, 5.41) is 3.25. The Morgan fingerprint density at radius 2 is 1.94 bits per heavy atom. The van der Waals surface area contributed by atoms with Crippen molar-refractivity contribution in [3.8, 4) is 5.75 Å². The van der Waals surface area contributed by atoms with Crippen LogP contribution in [0.3, 0.4) is 0 Å². The first kappa shape index (κ1) is 15.0. The van der Waals surface area contributed by atoms with E-state index in [0.29, 0.717) is 18.2 Å². The van der Waals surface area contributed by atoms with Crippen molar-refractivity contribution >= 4 is 0 Å². The highest BCUT2D eigenvalue weighted by Crippen LogP contribution is 2.23. The Labute approximate surface area is 112 Å². The fourth-order valence-corrected chi connectivity index (χ4v) is 1.60. The van der Waals surface area contributed by atoms with Gasteiger partial charge in [0.05, 0.1) is 0 Å². The van der Waals surface area contributed by atoms with Crippen LogP contribution in [0.2, 0.25) is 0 Å². The van der Waals surface area contributed by atoms with Gasteiger partial charge in [-0.25, -0.2) is 0 Å². The molecule has 1 aromatic rings. The lowest BCUT2D eigenvalue weighted by atomic mass is 9.89. The zero-order valence-corrected chi connectivity index (χ0v) is 12.4. The van der Waals surface area contributed by atoms with Crippen LogP contribution < -0.4 is 10.1 Å². The van der Waals surface area contributed by atoms with Crippen LogP contribution in [0.1, 0.15) is 46.6 Å². The molecule has 0 aliphatic rings. The first-order chi connectivity index (χ1) is 8.37. The van der Waals surface area contributed by atoms with Gasteiger partial charge in [-0.05, 0) is 49.8 Å². The Morgan fingerprint density at radius 1 is 1.22 bits per heavy atom. The third kappa shape index (κ3) is 6.65. The van der Waals surface area contributed by atoms with E-state index < -0.39 is 0 Å². The Morgan fingerprint density at radius 3 is 2.56 bits per heavy atom. The molecule has 102 valence electrons. The molecule has 0 aliphatic carbocycles. The number of rotatable bonds is 6. The van der Waals surface area contributed by atoms with Crippen molar-refractivity contribution in [3.05, 3.63) is 29.8 Å². The Bertz CT molecular complexity index is 352. The third-order valence-electron chi connectivity index (χ3n) is 2.79. The zero-order valence-electron chi connectivity index (χ0n) is 12.4. The molecule has 0 saturated heterocycles. The standard InChI is InChI=1S/C16H27NO/c1-13(2)17-12-18-15-8-6-7-14(11-15)9-10-16(3,4)5/h6-8,11,13,17H,9-10,12H2,1-5H3. The molecule has 0 radical (unpaired) electrons. The molecular formula is C16H27NO. The molecule has 0 aromatic heterocycles. The number of nitrogens with one attached hydrogen (secondary N) is 1. The number of hydrogen-bond acceptors (Lipinski definition) is 2. The van der Waals surface area contributed by atoms with Gasteiger partial charge in [0.1, 0.15) is 12.5 Å². The second-order valence-corrected chi connectivity index (χ2v) is 6.36. The summed E-state index contributed by atoms with van der Waals surface area (Å²) in [6.07, 6.45) is 2.30. The average Bonchev–Trinajstić information content (AvgIpc) is 2.26. The van der Waals surface area contributed by atoms with Crippen LogP contribution in [0.15, 0.2) is 24.3 Å². The summed E-state index contributed by atoms with van der Waals surface area (Å²) in [6, 6.07) is 8.86. The van der Waals surface area contributed by atoms with Crippen LogP contribution in [0.25, 0.3) is 0 Å². The van der Waals surface area contributed by atoms with Crippen molar-refractivity contribution in [2.24, 2.45) is 5.41 Å². The lowest BCUT2D eigenvalue weighted by molar-refractivity contribution is 0.270. The molecule has 1 aromatic carbocycles. The van der Waals surface area contributed by atoms with Gasteiger partial charge in [-0.3, -0.25) is 5.32 Å². The quantitative estimate of drug-likeness (QED) is 0.769. The highest BCUT2D eigenvalue weighted by Gasteiger charge is 2.10. The van der Waals surface area contributed by atoms with Crippen LogP contribution >= 0.6 is 0 Å². The van der Waals surface area contributed by atoms with Crippen molar-refractivity contribution in [1.82, 2.24) is 5.32 Å². The van der Waals surface area contributed by atoms with E-state index in [4.69, 9.17) is 4.74 Å². The van der Waals surface area contributed by atoms with Gasteiger partial charge in [0.2, 0.25) is 0 Å². The summed E-state index contributed by atoms with van der Waals surface area (Å²) in [5.74, 6) is 0.953. The molecule has 0 unspecified atom stereocenters. The first-order valence-electron chi connectivity index (χ1n) is 6.82. The maximum atomic E-state index is 5.68. The van der Waals surface area contributed by atoms with E-state index in [2.05, 4.69) is 58.1 Å². The molecular weight excluding hydrogens is 222 g/mol. The second kappa shape index (κ2) is 6.79. The van der Waals surface area contributed by atoms with Gasteiger partial charge >= 0.3 is 0 Å². The highest BCUT2D eigenvalue weighted by atomic mass is 16.5. The summed E-state index contributed by atoms with van der Waals surface area (Å²) in [7, 11) is 0. The van der Waals surface area contributed by atoms with E-state index in [0.717, 1.165) is 12.2 Å². The summed E-state index contributed by atoms with van der Waals surface area (Å²) >= 11 is 0. The maximum Gasteiger partial charge on any atom is 0.139 e. The lowest BCUT2D eigenvalue weighted by Gasteiger charge is -2.18. The lowest BCUT2D eigenvalue weighted by Crippen LogP contribution is -2.27. The molecule has 2 heteroatoms. The van der Waals surface area contributed by atoms with Crippen molar-refractivity contribution in [1.29, 1.82) is 0 Å². The highest BCUT2D eigenvalue weighted by molar-refractivity contribution is 5.28. The fraction of sp³-hybridized carbons (Fsp3) is 0.625. The van der Waals surface area contributed by atoms with E-state index >= 15 is 0 Å². The number of hydrogen-bond donors (Lipinski definition) is 1. The summed E-state index contributed by atoms with van der Waals surface area (Å²) in [4.78, 5) is 0. The molecule has 2 nitrogen and oxygen atoms in total. The second-order valence-electron chi connectivity index (χ2n) is 6.36. The third-order valence-corrected chi connectivity index (χ3v) is 2.79. The molecule has 0 heterocycles. The monoisotopic (exact) mass is 249 g/mol. The number of benzene rings is 1. The van der Waals surface area contributed by atoms with Crippen molar-refractivity contribution < 1.29 is 4.74 Å². The molecule has 0 spiro atoms. The van der Waals surface area contributed by atoms with Gasteiger partial charge < -0.3 is 4.74 Å². The normalized spacial score (nSPS) is 11.9. The molecule has 0 bridgehead atoms. The van der Waals surface area contributed by atoms with E-state index in [1.165, 1.54) is 12.0 Å². The molecule has 0 saturated carbocycles. The summed E-state index contributed by atoms with van der Waals surface area (Å²) < 4.78 is 5.68. The SMILES string of the molecule is CC(C)NCOc1cccc(CCC(C)(C)C)c1. The van der Waals surface area contributed by atoms with Gasteiger partial charge in [-0.15, -0.1) is 0 Å². The summed E-state index contributed by atoms with van der Waals surface area (Å²) in [5.41, 5.74) is 1.74. The molecule has 0 amide bonds. The Hall–Kier alpha value is -1.02. The molecule has 1 rings (SSSR count). The van der Waals surface area contributed by atoms with Gasteiger partial charge in [-0.1, -0.05) is 32.9 Å².